The van der Waals surface area contributed by atoms with Gasteiger partial charge in [0.15, 0.2) is 52.3 Å². The zero-order valence-corrected chi connectivity index (χ0v) is 45.5. The zero-order valence-electron chi connectivity index (χ0n) is 42.2. The molecule has 34 heteroatoms. The minimum Gasteiger partial charge on any atom is -0.491 e. The summed E-state index contributed by atoms with van der Waals surface area (Å²) in [4.78, 5) is -4.73. The Morgan fingerprint density at radius 2 is 0.686 bits per heavy atom. The average Bonchev–Trinajstić information content (AvgIpc) is 0.902. The lowest BCUT2D eigenvalue weighted by Gasteiger charge is -2.18. The summed E-state index contributed by atoms with van der Waals surface area (Å²) in [6, 6.07) is 10.1. The van der Waals surface area contributed by atoms with Gasteiger partial charge in [0.2, 0.25) is 83.5 Å². The number of sulfone groups is 2. The van der Waals surface area contributed by atoms with Crippen molar-refractivity contribution in [1.29, 1.82) is 0 Å². The smallest absolute Gasteiger partial charge is 0.300 e. The number of rotatable bonds is 17. The van der Waals surface area contributed by atoms with Gasteiger partial charge in [0, 0.05) is 5.56 Å². The maximum Gasteiger partial charge on any atom is 0.300 e. The molecule has 0 bridgehead atoms. The molecule has 0 aliphatic carbocycles. The SMILES string of the molecule is COc1c(F)c(F)c(-c2c(F)c(F)c(Oc3ccc(S(=O)(=O)c4ccc(Oc5c(F)c(F)c(-c6c(F)c(F)c(Oc7ccc(S(=O)(=O)c8ccc(C)cc8)cc7)c(F)c6F)c(F)c5F)c(S(=O)(=O)OC)c4)cc3CS(=O)(=O)O)c(F)c2F)c(F)c1F. The first kappa shape index (κ1) is 63.6. The highest BCUT2D eigenvalue weighted by atomic mass is 32.2. The van der Waals surface area contributed by atoms with E-state index in [2.05, 4.69) is 8.92 Å². The summed E-state index contributed by atoms with van der Waals surface area (Å²) in [5, 5.41) is 0. The maximum absolute atomic E-state index is 15.8. The van der Waals surface area contributed by atoms with Gasteiger partial charge in [0.05, 0.1) is 56.1 Å². The molecule has 8 aromatic carbocycles. The summed E-state index contributed by atoms with van der Waals surface area (Å²) in [7, 11) is -19.7. The standard InChI is InChI=1S/C52H26F16O14S4/c1-19-4-8-22(9-5-19)84(72,73)23-10-6-21(7-11-23)80-50-43(63)35(55)31(36(56)44(50)64)32-39(59)47(67)52(48(68)40(32)60)82-27-15-13-25(17-28(27)86(76,77)79-3)85(74,75)24-12-14-26(20(16-24)18-83(69,70)71)81-51-45(65)37(57)30(38(58)46(51)66)29-33(53)41(61)49(78-2)42(62)34(29)54/h4-17H,18H2,1-3H3,(H,69,70,71). The number of hydrogen-bond donors (Lipinski definition) is 1. The molecule has 0 heterocycles. The van der Waals surface area contributed by atoms with Crippen molar-refractivity contribution < 1.29 is 132 Å². The number of halogens is 16. The number of methoxy groups -OCH3 is 1. The Morgan fingerprint density at radius 3 is 1.06 bits per heavy atom. The van der Waals surface area contributed by atoms with Crippen molar-refractivity contribution in [3.63, 3.8) is 0 Å². The first-order chi connectivity index (χ1) is 40.0. The third-order valence-electron chi connectivity index (χ3n) is 12.1. The molecule has 8 aromatic rings. The van der Waals surface area contributed by atoms with Crippen LogP contribution in [-0.2, 0) is 49.8 Å². The fourth-order valence-corrected chi connectivity index (χ4v) is 12.0. The molecule has 0 unspecified atom stereocenters. The molecule has 0 aliphatic rings. The van der Waals surface area contributed by atoms with E-state index in [-0.39, 0.29) is 29.2 Å². The Labute approximate surface area is 472 Å². The van der Waals surface area contributed by atoms with Crippen molar-refractivity contribution in [3.8, 4) is 62.5 Å². The molecule has 0 saturated carbocycles. The van der Waals surface area contributed by atoms with Crippen LogP contribution >= 0.6 is 0 Å². The van der Waals surface area contributed by atoms with Crippen molar-refractivity contribution >= 4 is 39.9 Å². The molecule has 0 saturated heterocycles. The summed E-state index contributed by atoms with van der Waals surface area (Å²) in [5.74, 6) is -57.0. The van der Waals surface area contributed by atoms with Gasteiger partial charge in [0.25, 0.3) is 20.2 Å². The van der Waals surface area contributed by atoms with Gasteiger partial charge in [0.1, 0.15) is 27.9 Å². The largest absolute Gasteiger partial charge is 0.491 e. The summed E-state index contributed by atoms with van der Waals surface area (Å²) < 4.78 is 383. The van der Waals surface area contributed by atoms with Crippen molar-refractivity contribution in [2.45, 2.75) is 37.2 Å². The fraction of sp³-hybridized carbons (Fsp3) is 0.0769. The van der Waals surface area contributed by atoms with Crippen LogP contribution in [0.2, 0.25) is 0 Å². The van der Waals surface area contributed by atoms with Crippen molar-refractivity contribution in [3.05, 3.63) is 189 Å². The van der Waals surface area contributed by atoms with Gasteiger partial charge in [-0.1, -0.05) is 17.7 Å². The Balaban J connectivity index is 1.13. The van der Waals surface area contributed by atoms with Crippen LogP contribution < -0.4 is 18.9 Å². The summed E-state index contributed by atoms with van der Waals surface area (Å²) in [6.07, 6.45) is 0. The van der Waals surface area contributed by atoms with Gasteiger partial charge >= 0.3 is 0 Å². The van der Waals surface area contributed by atoms with E-state index in [4.69, 9.17) is 14.2 Å². The van der Waals surface area contributed by atoms with Crippen LogP contribution in [0.1, 0.15) is 11.1 Å². The Hall–Kier alpha value is -8.44. The van der Waals surface area contributed by atoms with Gasteiger partial charge < -0.3 is 18.9 Å². The van der Waals surface area contributed by atoms with Crippen LogP contribution in [0.3, 0.4) is 0 Å². The quantitative estimate of drug-likeness (QED) is 0.0390. The van der Waals surface area contributed by atoms with Crippen LogP contribution in [0.5, 0.6) is 40.2 Å². The van der Waals surface area contributed by atoms with Crippen molar-refractivity contribution in [2.24, 2.45) is 0 Å². The second-order valence-corrected chi connectivity index (χ2v) is 24.4. The van der Waals surface area contributed by atoms with Gasteiger partial charge in [-0.05, 0) is 79.7 Å². The predicted octanol–water partition coefficient (Wildman–Crippen LogP) is 13.3. The molecule has 454 valence electrons. The first-order valence-corrected chi connectivity index (χ1v) is 28.7. The molecule has 86 heavy (non-hydrogen) atoms. The predicted molar refractivity (Wildman–Crippen MR) is 261 cm³/mol. The Bertz CT molecular complexity index is 4540. The number of hydrogen-bond acceptors (Lipinski definition) is 13. The molecule has 0 spiro atoms. The first-order valence-electron chi connectivity index (χ1n) is 22.7. The number of ether oxygens (including phenoxy) is 4. The van der Waals surface area contributed by atoms with Crippen LogP contribution in [0, 0.1) is 100.0 Å². The summed E-state index contributed by atoms with van der Waals surface area (Å²) >= 11 is 0. The second kappa shape index (κ2) is 23.1. The summed E-state index contributed by atoms with van der Waals surface area (Å²) in [5.41, 5.74) is -10.2. The molecule has 0 amide bonds. The Kier molecular flexibility index (Phi) is 17.1. The molecule has 0 fully saturated rings. The van der Waals surface area contributed by atoms with Crippen molar-refractivity contribution in [2.75, 3.05) is 14.2 Å². The molecule has 0 atom stereocenters. The van der Waals surface area contributed by atoms with E-state index in [0.717, 1.165) is 24.3 Å². The van der Waals surface area contributed by atoms with E-state index in [9.17, 15) is 55.8 Å². The lowest BCUT2D eigenvalue weighted by Crippen LogP contribution is -2.12. The van der Waals surface area contributed by atoms with E-state index in [0.29, 0.717) is 31.9 Å². The maximum atomic E-state index is 15.8. The Morgan fingerprint density at radius 1 is 0.372 bits per heavy atom. The minimum absolute atomic E-state index is 0.0406. The molecule has 8 rings (SSSR count). The van der Waals surface area contributed by atoms with Crippen LogP contribution in [0.15, 0.2) is 109 Å². The normalized spacial score (nSPS) is 12.2. The highest BCUT2D eigenvalue weighted by Gasteiger charge is 2.39. The number of aryl methyl sites for hydroxylation is 1. The molecule has 0 radical (unpaired) electrons. The highest BCUT2D eigenvalue weighted by Crippen LogP contribution is 2.47. The molecule has 1 N–H and O–H groups in total. The third-order valence-corrected chi connectivity index (χ3v) is 17.6. The third kappa shape index (κ3) is 11.2. The second-order valence-electron chi connectivity index (χ2n) is 17.4. The number of benzene rings is 8. The molecule has 0 aromatic heterocycles. The van der Waals surface area contributed by atoms with E-state index in [1.807, 2.05) is 0 Å². The van der Waals surface area contributed by atoms with Crippen LogP contribution in [-0.4, -0.2) is 52.4 Å². The van der Waals surface area contributed by atoms with E-state index in [1.165, 1.54) is 24.3 Å². The van der Waals surface area contributed by atoms with Gasteiger partial charge in [-0.25, -0.2) is 52.0 Å². The van der Waals surface area contributed by atoms with Gasteiger partial charge in [-0.2, -0.15) is 52.0 Å². The van der Waals surface area contributed by atoms with Crippen molar-refractivity contribution in [1.82, 2.24) is 0 Å². The average molecular weight is 1310 g/mol. The molecule has 0 aliphatic heterocycles. The lowest BCUT2D eigenvalue weighted by molar-refractivity contribution is 0.332. The minimum atomic E-state index is -5.49. The topological polar surface area (TPSA) is 203 Å². The van der Waals surface area contributed by atoms with E-state index < -0.39 is 226 Å². The van der Waals surface area contributed by atoms with E-state index in [1.54, 1.807) is 6.92 Å². The zero-order chi connectivity index (χ0) is 63.8. The summed E-state index contributed by atoms with van der Waals surface area (Å²) in [6.45, 7) is 1.67. The van der Waals surface area contributed by atoms with Crippen LogP contribution in [0.4, 0.5) is 70.2 Å². The molecular weight excluding hydrogens is 1280 g/mol. The highest BCUT2D eigenvalue weighted by molar-refractivity contribution is 7.92. The van der Waals surface area contributed by atoms with Crippen LogP contribution in [0.25, 0.3) is 22.3 Å². The van der Waals surface area contributed by atoms with Gasteiger partial charge in [-0.3, -0.25) is 8.74 Å². The van der Waals surface area contributed by atoms with E-state index >= 15 is 52.7 Å². The lowest BCUT2D eigenvalue weighted by atomic mass is 10.0. The fourth-order valence-electron chi connectivity index (χ4n) is 7.94. The molecule has 14 nitrogen and oxygen atoms in total. The molecular formula is C52H26F16O14S4. The monoisotopic (exact) mass is 1310 g/mol. The van der Waals surface area contributed by atoms with Gasteiger partial charge in [-0.15, -0.1) is 0 Å².